The van der Waals surface area contributed by atoms with Crippen molar-refractivity contribution in [2.75, 3.05) is 53.6 Å². The molecule has 36 heavy (non-hydrogen) atoms. The molecule has 2 saturated heterocycles. The lowest BCUT2D eigenvalue weighted by molar-refractivity contribution is -0.128. The van der Waals surface area contributed by atoms with Gasteiger partial charge in [-0.05, 0) is 50.8 Å². The van der Waals surface area contributed by atoms with Crippen LogP contribution in [0.15, 0.2) is 30.3 Å². The molecule has 9 heteroatoms. The van der Waals surface area contributed by atoms with Gasteiger partial charge in [0.15, 0.2) is 5.78 Å². The van der Waals surface area contributed by atoms with Crippen LogP contribution >= 0.6 is 0 Å². The molecule has 2 N–H and O–H groups in total. The van der Waals surface area contributed by atoms with E-state index >= 15 is 0 Å². The number of nitrogens with one attached hydrogen (secondary N) is 2. The van der Waals surface area contributed by atoms with Crippen molar-refractivity contribution in [2.45, 2.75) is 57.7 Å². The average molecular weight is 503 g/mol. The molecule has 2 fully saturated rings. The van der Waals surface area contributed by atoms with E-state index in [1.54, 1.807) is 4.90 Å². The van der Waals surface area contributed by atoms with Gasteiger partial charge < -0.3 is 29.9 Å². The first-order valence-electron chi connectivity index (χ1n) is 12.9. The van der Waals surface area contributed by atoms with Crippen LogP contribution in [-0.2, 0) is 25.5 Å². The van der Waals surface area contributed by atoms with Crippen LogP contribution in [0.2, 0.25) is 0 Å². The van der Waals surface area contributed by atoms with E-state index in [4.69, 9.17) is 9.47 Å². The predicted molar refractivity (Wildman–Crippen MR) is 138 cm³/mol. The molecule has 2 heterocycles. The zero-order chi connectivity index (χ0) is 26.1. The summed E-state index contributed by atoms with van der Waals surface area (Å²) in [5.41, 5.74) is 1.01. The second-order valence-electron chi connectivity index (χ2n) is 10.8. The number of carbonyl (C=O) groups is 3. The van der Waals surface area contributed by atoms with Gasteiger partial charge in [-0.3, -0.25) is 9.59 Å². The van der Waals surface area contributed by atoms with E-state index in [0.717, 1.165) is 19.4 Å². The number of hydrogen-bond acceptors (Lipinski definition) is 6. The number of nitrogens with zero attached hydrogens (tertiary/aromatic N) is 2. The summed E-state index contributed by atoms with van der Waals surface area (Å²) in [6.45, 7) is 6.90. The second kappa shape index (κ2) is 13.2. The Bertz CT molecular complexity index is 870. The lowest BCUT2D eigenvalue weighted by atomic mass is 9.80. The molecule has 1 aromatic carbocycles. The molecular formula is C27H42N4O5. The zero-order valence-electron chi connectivity index (χ0n) is 22.1. The van der Waals surface area contributed by atoms with Gasteiger partial charge in [0, 0.05) is 19.6 Å². The Kier molecular flexibility index (Phi) is 10.3. The maximum absolute atomic E-state index is 13.5. The van der Waals surface area contributed by atoms with Crippen LogP contribution in [0.3, 0.4) is 0 Å². The molecule has 1 aromatic rings. The quantitative estimate of drug-likeness (QED) is 0.479. The fraction of sp³-hybridized carbons (Fsp3) is 0.667. The van der Waals surface area contributed by atoms with E-state index in [1.807, 2.05) is 37.2 Å². The SMILES string of the molecule is CN(C)CCC1OCC(=O)C1NC(=O)[C@H](CC(C)(C)CCc1ccccc1)NC(=O)N1CCOCC1. The van der Waals surface area contributed by atoms with Gasteiger partial charge in [0.05, 0.1) is 19.3 Å². The van der Waals surface area contributed by atoms with E-state index in [9.17, 15) is 14.4 Å². The van der Waals surface area contributed by atoms with Crippen molar-refractivity contribution in [3.05, 3.63) is 35.9 Å². The molecule has 2 aliphatic heterocycles. The third-order valence-electron chi connectivity index (χ3n) is 6.92. The number of morpholine rings is 1. The van der Waals surface area contributed by atoms with E-state index in [1.165, 1.54) is 5.56 Å². The van der Waals surface area contributed by atoms with Crippen molar-refractivity contribution in [1.29, 1.82) is 0 Å². The smallest absolute Gasteiger partial charge is 0.318 e. The Labute approximate surface area is 214 Å². The number of ether oxygens (including phenoxy) is 2. The Morgan fingerprint density at radius 3 is 2.53 bits per heavy atom. The zero-order valence-corrected chi connectivity index (χ0v) is 22.1. The van der Waals surface area contributed by atoms with Crippen molar-refractivity contribution in [3.8, 4) is 0 Å². The molecule has 2 aliphatic rings. The van der Waals surface area contributed by atoms with Gasteiger partial charge in [0.25, 0.3) is 0 Å². The molecule has 3 rings (SSSR count). The minimum Gasteiger partial charge on any atom is -0.378 e. The Morgan fingerprint density at radius 2 is 1.86 bits per heavy atom. The molecule has 0 aliphatic carbocycles. The largest absolute Gasteiger partial charge is 0.378 e. The summed E-state index contributed by atoms with van der Waals surface area (Å²) in [6.07, 6.45) is 2.44. The third-order valence-corrected chi connectivity index (χ3v) is 6.92. The number of benzene rings is 1. The predicted octanol–water partition coefficient (Wildman–Crippen LogP) is 1.85. The number of ketones is 1. The van der Waals surface area contributed by atoms with Crippen LogP contribution in [0, 0.1) is 5.41 Å². The summed E-state index contributed by atoms with van der Waals surface area (Å²) < 4.78 is 11.0. The van der Waals surface area contributed by atoms with E-state index in [2.05, 4.69) is 36.6 Å². The summed E-state index contributed by atoms with van der Waals surface area (Å²) >= 11 is 0. The number of rotatable bonds is 11. The summed E-state index contributed by atoms with van der Waals surface area (Å²) in [6, 6.07) is 8.48. The second-order valence-corrected chi connectivity index (χ2v) is 10.8. The summed E-state index contributed by atoms with van der Waals surface area (Å²) in [7, 11) is 3.91. The Balaban J connectivity index is 1.69. The Hall–Kier alpha value is -2.49. The topological polar surface area (TPSA) is 100 Å². The van der Waals surface area contributed by atoms with Crippen molar-refractivity contribution in [1.82, 2.24) is 20.4 Å². The van der Waals surface area contributed by atoms with Gasteiger partial charge >= 0.3 is 6.03 Å². The molecule has 9 nitrogen and oxygen atoms in total. The molecule has 3 atom stereocenters. The molecule has 0 aromatic heterocycles. The van der Waals surface area contributed by atoms with Crippen molar-refractivity contribution < 1.29 is 23.9 Å². The lowest BCUT2D eigenvalue weighted by Gasteiger charge is -2.33. The van der Waals surface area contributed by atoms with Crippen LogP contribution in [-0.4, -0.2) is 99.3 Å². The van der Waals surface area contributed by atoms with Crippen LogP contribution in [0.1, 0.15) is 38.7 Å². The molecule has 0 bridgehead atoms. The first-order chi connectivity index (χ1) is 17.1. The van der Waals surface area contributed by atoms with Crippen LogP contribution < -0.4 is 10.6 Å². The number of urea groups is 1. The van der Waals surface area contributed by atoms with Crippen molar-refractivity contribution in [2.24, 2.45) is 5.41 Å². The molecular weight excluding hydrogens is 460 g/mol. The highest BCUT2D eigenvalue weighted by atomic mass is 16.5. The number of carbonyl (C=O) groups excluding carboxylic acids is 3. The van der Waals surface area contributed by atoms with Gasteiger partial charge in [-0.2, -0.15) is 0 Å². The maximum Gasteiger partial charge on any atom is 0.318 e. The van der Waals surface area contributed by atoms with Crippen molar-refractivity contribution >= 4 is 17.7 Å². The normalized spacial score (nSPS) is 21.5. The summed E-state index contributed by atoms with van der Waals surface area (Å²) in [5.74, 6) is -0.475. The lowest BCUT2D eigenvalue weighted by Crippen LogP contribution is -2.57. The molecule has 0 radical (unpaired) electrons. The van der Waals surface area contributed by atoms with Gasteiger partial charge in [0.1, 0.15) is 18.7 Å². The highest BCUT2D eigenvalue weighted by molar-refractivity contribution is 5.94. The van der Waals surface area contributed by atoms with Gasteiger partial charge in [-0.25, -0.2) is 4.79 Å². The minimum absolute atomic E-state index is 0.00356. The fourth-order valence-electron chi connectivity index (χ4n) is 4.64. The molecule has 3 amide bonds. The number of Topliss-reactive ketones (excluding diaryl/α,β-unsaturated/α-hetero) is 1. The van der Waals surface area contributed by atoms with Crippen LogP contribution in [0.5, 0.6) is 0 Å². The number of amides is 3. The minimum atomic E-state index is -0.769. The van der Waals surface area contributed by atoms with E-state index in [0.29, 0.717) is 39.1 Å². The van der Waals surface area contributed by atoms with Gasteiger partial charge in [-0.15, -0.1) is 0 Å². The third kappa shape index (κ3) is 8.57. The first-order valence-corrected chi connectivity index (χ1v) is 12.9. The molecule has 0 saturated carbocycles. The van der Waals surface area contributed by atoms with Crippen molar-refractivity contribution in [3.63, 3.8) is 0 Å². The molecule has 0 spiro atoms. The highest BCUT2D eigenvalue weighted by Gasteiger charge is 2.39. The van der Waals surface area contributed by atoms with E-state index in [-0.39, 0.29) is 35.8 Å². The summed E-state index contributed by atoms with van der Waals surface area (Å²) in [5, 5.41) is 5.87. The van der Waals surface area contributed by atoms with Crippen LogP contribution in [0.25, 0.3) is 0 Å². The summed E-state index contributed by atoms with van der Waals surface area (Å²) in [4.78, 5) is 42.7. The Morgan fingerprint density at radius 1 is 1.17 bits per heavy atom. The van der Waals surface area contributed by atoms with E-state index < -0.39 is 12.1 Å². The van der Waals surface area contributed by atoms with Crippen LogP contribution in [0.4, 0.5) is 4.79 Å². The highest BCUT2D eigenvalue weighted by Crippen LogP contribution is 2.29. The van der Waals surface area contributed by atoms with Gasteiger partial charge in [-0.1, -0.05) is 44.2 Å². The standard InChI is InChI=1S/C27H42N4O5/c1-27(2,12-10-20-8-6-5-7-9-20)18-21(28-26(34)31-14-16-35-17-15-31)25(33)29-24-22(32)19-36-23(24)11-13-30(3)4/h5-9,21,23-24H,10-19H2,1-4H3,(H,28,34)(H,29,33)/t21-,23?,24?/m0/s1. The molecule has 200 valence electrons. The fourth-order valence-corrected chi connectivity index (χ4v) is 4.64. The first kappa shape index (κ1) is 28.1. The number of hydrogen-bond donors (Lipinski definition) is 2. The number of aryl methyl sites for hydroxylation is 1. The molecule has 2 unspecified atom stereocenters. The monoisotopic (exact) mass is 502 g/mol. The maximum atomic E-state index is 13.5. The van der Waals surface area contributed by atoms with Gasteiger partial charge in [0.2, 0.25) is 5.91 Å². The average Bonchev–Trinajstić information content (AvgIpc) is 3.21.